The van der Waals surface area contributed by atoms with Gasteiger partial charge in [-0.05, 0) is 69.6 Å². The number of carbonyl (C=O) groups excluding carboxylic acids is 3. The summed E-state index contributed by atoms with van der Waals surface area (Å²) in [5.74, 6) is -2.10. The molecule has 3 amide bonds. The van der Waals surface area contributed by atoms with E-state index >= 15 is 0 Å². The van der Waals surface area contributed by atoms with E-state index in [1.54, 1.807) is 23.1 Å². The molecule has 0 radical (unpaired) electrons. The summed E-state index contributed by atoms with van der Waals surface area (Å²) < 4.78 is 5.41. The summed E-state index contributed by atoms with van der Waals surface area (Å²) in [6.07, 6.45) is 3.14. The lowest BCUT2D eigenvalue weighted by Gasteiger charge is -2.28. The standard InChI is InChI=1S/C27H33ClN4O6/c1-27(2)11-14(23(33)31-27)7-20(26(36)37)30-24(34)22-16-6-4-5-13(16)12-32(22)25(35)19-10-17-18(29-19)8-15(28)9-21(17)38-3/h8-10,13-14,16,20,22,29H,4-7,11-12H2,1-3H3,(H,30,34)(H,31,33)(H,36,37)/t13-,14+,16-,20?,22-/m0/s1. The average molecular weight is 545 g/mol. The fourth-order valence-corrected chi connectivity index (χ4v) is 6.82. The Morgan fingerprint density at radius 3 is 2.68 bits per heavy atom. The molecule has 1 aromatic carbocycles. The van der Waals surface area contributed by atoms with Crippen LogP contribution in [0.15, 0.2) is 18.2 Å². The predicted molar refractivity (Wildman–Crippen MR) is 140 cm³/mol. The fourth-order valence-electron chi connectivity index (χ4n) is 6.61. The molecule has 5 atom stereocenters. The second-order valence-electron chi connectivity index (χ2n) is 11.4. The Morgan fingerprint density at radius 2 is 2.03 bits per heavy atom. The molecule has 3 aliphatic rings. The molecule has 0 bridgehead atoms. The maximum atomic E-state index is 13.7. The van der Waals surface area contributed by atoms with E-state index in [1.165, 1.54) is 7.11 Å². The largest absolute Gasteiger partial charge is 0.496 e. The lowest BCUT2D eigenvalue weighted by molar-refractivity contribution is -0.143. The van der Waals surface area contributed by atoms with Gasteiger partial charge in [0.1, 0.15) is 23.5 Å². The van der Waals surface area contributed by atoms with Gasteiger partial charge < -0.3 is 30.4 Å². The Bertz CT molecular complexity index is 1310. The maximum absolute atomic E-state index is 13.7. The smallest absolute Gasteiger partial charge is 0.326 e. The number of aromatic nitrogens is 1. The van der Waals surface area contributed by atoms with Crippen LogP contribution >= 0.6 is 11.6 Å². The van der Waals surface area contributed by atoms with Gasteiger partial charge in [-0.25, -0.2) is 4.79 Å². The summed E-state index contributed by atoms with van der Waals surface area (Å²) in [5.41, 5.74) is 0.521. The molecule has 204 valence electrons. The molecule has 2 aromatic rings. The zero-order valence-electron chi connectivity index (χ0n) is 21.7. The number of methoxy groups -OCH3 is 1. The van der Waals surface area contributed by atoms with E-state index in [9.17, 15) is 24.3 Å². The Morgan fingerprint density at radius 1 is 1.26 bits per heavy atom. The first-order valence-corrected chi connectivity index (χ1v) is 13.4. The monoisotopic (exact) mass is 544 g/mol. The van der Waals surface area contributed by atoms with Gasteiger partial charge in [0.25, 0.3) is 5.91 Å². The molecule has 1 aliphatic carbocycles. The van der Waals surface area contributed by atoms with Gasteiger partial charge in [-0.3, -0.25) is 14.4 Å². The van der Waals surface area contributed by atoms with Gasteiger partial charge in [-0.15, -0.1) is 0 Å². The highest BCUT2D eigenvalue weighted by Crippen LogP contribution is 2.43. The topological polar surface area (TPSA) is 141 Å². The molecule has 11 heteroatoms. The van der Waals surface area contributed by atoms with Gasteiger partial charge in [0.05, 0.1) is 12.6 Å². The number of nitrogens with one attached hydrogen (secondary N) is 3. The minimum Gasteiger partial charge on any atom is -0.496 e. The molecule has 1 aromatic heterocycles. The van der Waals surface area contributed by atoms with E-state index in [1.807, 2.05) is 13.8 Å². The van der Waals surface area contributed by atoms with Crippen LogP contribution in [0.3, 0.4) is 0 Å². The number of carbonyl (C=O) groups is 4. The summed E-state index contributed by atoms with van der Waals surface area (Å²) in [6, 6.07) is 3.04. The SMILES string of the molecule is COc1cc(Cl)cc2[nH]c(C(=O)N3C[C@@H]4CCC[C@@H]4[C@H]3C(=O)NC(C[C@@H]3CC(C)(C)NC3=O)C(=O)O)cc12. The summed E-state index contributed by atoms with van der Waals surface area (Å²) in [6.45, 7) is 4.19. The summed E-state index contributed by atoms with van der Waals surface area (Å²) in [7, 11) is 1.52. The maximum Gasteiger partial charge on any atom is 0.326 e. The molecule has 4 N–H and O–H groups in total. The molecular formula is C27H33ClN4O6. The second-order valence-corrected chi connectivity index (χ2v) is 11.9. The number of fused-ring (bicyclic) bond motifs is 2. The number of rotatable bonds is 7. The van der Waals surface area contributed by atoms with Crippen LogP contribution < -0.4 is 15.4 Å². The quantitative estimate of drug-likeness (QED) is 0.422. The summed E-state index contributed by atoms with van der Waals surface area (Å²) >= 11 is 6.19. The molecule has 2 saturated heterocycles. The molecule has 3 fully saturated rings. The van der Waals surface area contributed by atoms with Crippen molar-refractivity contribution in [1.82, 2.24) is 20.5 Å². The number of ether oxygens (including phenoxy) is 1. The first-order chi connectivity index (χ1) is 18.0. The summed E-state index contributed by atoms with van der Waals surface area (Å²) in [5, 5.41) is 16.6. The van der Waals surface area contributed by atoms with Crippen LogP contribution in [-0.4, -0.2) is 70.0 Å². The van der Waals surface area contributed by atoms with Crippen molar-refractivity contribution in [3.05, 3.63) is 28.9 Å². The van der Waals surface area contributed by atoms with E-state index in [0.717, 1.165) is 19.3 Å². The zero-order valence-corrected chi connectivity index (χ0v) is 22.4. The van der Waals surface area contributed by atoms with Crippen molar-refractivity contribution in [3.63, 3.8) is 0 Å². The van der Waals surface area contributed by atoms with Crippen molar-refractivity contribution in [3.8, 4) is 5.75 Å². The van der Waals surface area contributed by atoms with E-state index < -0.39 is 35.4 Å². The van der Waals surface area contributed by atoms with E-state index in [2.05, 4.69) is 15.6 Å². The minimum atomic E-state index is -1.23. The molecule has 2 aliphatic heterocycles. The van der Waals surface area contributed by atoms with Gasteiger partial charge in [0.2, 0.25) is 11.8 Å². The molecule has 1 unspecified atom stereocenters. The van der Waals surface area contributed by atoms with Gasteiger partial charge in [0.15, 0.2) is 0 Å². The molecule has 3 heterocycles. The van der Waals surface area contributed by atoms with Crippen molar-refractivity contribution >= 4 is 46.2 Å². The number of carboxylic acid groups (broad SMARTS) is 1. The Hall–Kier alpha value is -3.27. The Balaban J connectivity index is 1.38. The summed E-state index contributed by atoms with van der Waals surface area (Å²) in [4.78, 5) is 56.5. The molecule has 1 saturated carbocycles. The number of nitrogens with zero attached hydrogens (tertiary/aromatic N) is 1. The molecular weight excluding hydrogens is 512 g/mol. The van der Waals surface area contributed by atoms with Gasteiger partial charge in [0, 0.05) is 28.4 Å². The van der Waals surface area contributed by atoms with Crippen LogP contribution in [0, 0.1) is 17.8 Å². The fraction of sp³-hybridized carbons (Fsp3) is 0.556. The minimum absolute atomic E-state index is 0.00628. The predicted octanol–water partition coefficient (Wildman–Crippen LogP) is 2.94. The van der Waals surface area contributed by atoms with Gasteiger partial charge in [-0.2, -0.15) is 0 Å². The number of carboxylic acids is 1. The highest BCUT2D eigenvalue weighted by molar-refractivity contribution is 6.31. The number of hydrogen-bond donors (Lipinski definition) is 4. The molecule has 5 rings (SSSR count). The van der Waals surface area contributed by atoms with Crippen molar-refractivity contribution in [1.29, 1.82) is 0 Å². The highest BCUT2D eigenvalue weighted by Gasteiger charge is 2.50. The third-order valence-corrected chi connectivity index (χ3v) is 8.48. The van der Waals surface area contributed by atoms with Crippen LogP contribution in [0.2, 0.25) is 5.02 Å². The third kappa shape index (κ3) is 4.81. The van der Waals surface area contributed by atoms with E-state index in [-0.39, 0.29) is 30.1 Å². The normalized spacial score (nSPS) is 26.7. The number of aromatic amines is 1. The number of amides is 3. The lowest BCUT2D eigenvalue weighted by Crippen LogP contribution is -2.53. The number of halogens is 1. The first-order valence-electron chi connectivity index (χ1n) is 13.0. The van der Waals surface area contributed by atoms with Crippen molar-refractivity contribution in [2.24, 2.45) is 17.8 Å². The number of hydrogen-bond acceptors (Lipinski definition) is 5. The molecule has 10 nitrogen and oxygen atoms in total. The second kappa shape index (κ2) is 9.80. The zero-order chi connectivity index (χ0) is 27.4. The van der Waals surface area contributed by atoms with Gasteiger partial charge >= 0.3 is 5.97 Å². The third-order valence-electron chi connectivity index (χ3n) is 8.26. The van der Waals surface area contributed by atoms with Crippen LogP contribution in [0.1, 0.15) is 56.4 Å². The van der Waals surface area contributed by atoms with Crippen molar-refractivity contribution < 1.29 is 29.0 Å². The lowest BCUT2D eigenvalue weighted by atomic mass is 9.90. The number of likely N-dealkylation sites (tertiary alicyclic amines) is 1. The van der Waals surface area contributed by atoms with Crippen molar-refractivity contribution in [2.75, 3.05) is 13.7 Å². The van der Waals surface area contributed by atoms with Crippen molar-refractivity contribution in [2.45, 2.75) is 63.6 Å². The first kappa shape index (κ1) is 26.3. The molecule has 38 heavy (non-hydrogen) atoms. The van der Waals surface area contributed by atoms with Crippen LogP contribution in [0.25, 0.3) is 10.9 Å². The van der Waals surface area contributed by atoms with Gasteiger partial charge in [-0.1, -0.05) is 18.0 Å². The number of H-pyrrole nitrogens is 1. The van der Waals surface area contributed by atoms with Crippen LogP contribution in [-0.2, 0) is 14.4 Å². The molecule has 0 spiro atoms. The van der Waals surface area contributed by atoms with E-state index in [4.69, 9.17) is 16.3 Å². The van der Waals surface area contributed by atoms with E-state index in [0.29, 0.717) is 40.3 Å². The number of benzene rings is 1. The number of aliphatic carboxylic acids is 1. The Kier molecular flexibility index (Phi) is 6.79. The van der Waals surface area contributed by atoms with Crippen LogP contribution in [0.4, 0.5) is 0 Å². The average Bonchev–Trinajstić information content (AvgIpc) is 3.59. The highest BCUT2D eigenvalue weighted by atomic mass is 35.5. The Labute approximate surface area is 225 Å². The van der Waals surface area contributed by atoms with Crippen LogP contribution in [0.5, 0.6) is 5.75 Å².